The van der Waals surface area contributed by atoms with E-state index in [0.29, 0.717) is 65.1 Å². The Hall–Kier alpha value is -4.31. The van der Waals surface area contributed by atoms with Crippen LogP contribution in [0.2, 0.25) is 5.02 Å². The molecule has 0 atom stereocenters. The number of ether oxygens (including phenoxy) is 1. The summed E-state index contributed by atoms with van der Waals surface area (Å²) in [5.74, 6) is -1.19. The summed E-state index contributed by atoms with van der Waals surface area (Å²) in [5.41, 5.74) is 2.09. The number of nitrogens with zero attached hydrogens (tertiary/aromatic N) is 5. The quantitative estimate of drug-likeness (QED) is 0.407. The van der Waals surface area contributed by atoms with E-state index in [1.54, 1.807) is 53.4 Å². The number of anilines is 1. The first-order valence-corrected chi connectivity index (χ1v) is 11.8. The molecule has 0 saturated carbocycles. The first kappa shape index (κ1) is 24.4. The van der Waals surface area contributed by atoms with Gasteiger partial charge in [-0.05, 0) is 60.7 Å². The number of pyridine rings is 1. The number of fused-ring (bicyclic) bond motifs is 1. The van der Waals surface area contributed by atoms with Crippen LogP contribution >= 0.6 is 11.6 Å². The normalized spacial score (nSPS) is 13.6. The van der Waals surface area contributed by atoms with Crippen molar-refractivity contribution in [2.45, 2.75) is 0 Å². The Morgan fingerprint density at radius 2 is 1.62 bits per heavy atom. The van der Waals surface area contributed by atoms with Gasteiger partial charge in [-0.1, -0.05) is 11.6 Å². The maximum absolute atomic E-state index is 13.4. The number of piperazine rings is 1. The molecule has 0 radical (unpaired) electrons. The zero-order valence-corrected chi connectivity index (χ0v) is 20.2. The average molecular weight is 522 g/mol. The van der Waals surface area contributed by atoms with Crippen molar-refractivity contribution in [2.75, 3.05) is 37.7 Å². The van der Waals surface area contributed by atoms with E-state index in [4.69, 9.17) is 16.3 Å². The number of aromatic carboxylic acids is 1. The van der Waals surface area contributed by atoms with E-state index in [1.165, 1.54) is 12.1 Å². The topological polar surface area (TPSA) is 109 Å². The number of aromatic nitrogens is 3. The average Bonchev–Trinajstić information content (AvgIpc) is 2.92. The highest BCUT2D eigenvalue weighted by Crippen LogP contribution is 2.27. The molecule has 4 aromatic rings. The Kier molecular flexibility index (Phi) is 6.82. The van der Waals surface area contributed by atoms with E-state index >= 15 is 0 Å². The fourth-order valence-corrected chi connectivity index (χ4v) is 4.16. The molecule has 2 aromatic heterocycles. The first-order valence-electron chi connectivity index (χ1n) is 11.5. The largest absolute Gasteiger partial charge is 0.484 e. The molecule has 3 heterocycles. The maximum Gasteiger partial charge on any atom is 0.374 e. The van der Waals surface area contributed by atoms with Crippen molar-refractivity contribution in [2.24, 2.45) is 0 Å². The lowest BCUT2D eigenvalue weighted by Crippen LogP contribution is -2.50. The summed E-state index contributed by atoms with van der Waals surface area (Å²) >= 11 is 5.87. The van der Waals surface area contributed by atoms with Gasteiger partial charge in [-0.2, -0.15) is 0 Å². The third-order valence-electron chi connectivity index (χ3n) is 5.96. The van der Waals surface area contributed by atoms with Gasteiger partial charge in [0.05, 0.1) is 11.2 Å². The molecule has 1 aliphatic rings. The Labute approximate surface area is 216 Å². The van der Waals surface area contributed by atoms with Crippen LogP contribution in [0.1, 0.15) is 10.6 Å². The minimum atomic E-state index is -1.25. The Balaban J connectivity index is 1.35. The van der Waals surface area contributed by atoms with Crippen LogP contribution in [0.25, 0.3) is 22.3 Å². The van der Waals surface area contributed by atoms with Gasteiger partial charge in [0, 0.05) is 36.8 Å². The predicted molar refractivity (Wildman–Crippen MR) is 135 cm³/mol. The van der Waals surface area contributed by atoms with Gasteiger partial charge in [0.2, 0.25) is 5.82 Å². The van der Waals surface area contributed by atoms with Crippen molar-refractivity contribution in [3.05, 3.63) is 77.3 Å². The number of hydrogen-bond acceptors (Lipinski definition) is 7. The molecular weight excluding hydrogens is 501 g/mol. The molecule has 9 nitrogen and oxygen atoms in total. The Bertz CT molecular complexity index is 1460. The van der Waals surface area contributed by atoms with Crippen molar-refractivity contribution in [1.82, 2.24) is 19.9 Å². The lowest BCUT2D eigenvalue weighted by atomic mass is 10.1. The molecule has 11 heteroatoms. The zero-order chi connectivity index (χ0) is 25.9. The number of benzene rings is 2. The molecule has 0 unspecified atom stereocenters. The molecule has 1 fully saturated rings. The van der Waals surface area contributed by atoms with Crippen molar-refractivity contribution in [3.8, 4) is 17.0 Å². The van der Waals surface area contributed by atoms with Crippen molar-refractivity contribution < 1.29 is 23.8 Å². The molecule has 188 valence electrons. The molecule has 0 aliphatic carbocycles. The monoisotopic (exact) mass is 521 g/mol. The highest BCUT2D eigenvalue weighted by atomic mass is 35.5. The van der Waals surface area contributed by atoms with Crippen LogP contribution < -0.4 is 9.64 Å². The Morgan fingerprint density at radius 3 is 2.30 bits per heavy atom. The Morgan fingerprint density at radius 1 is 0.919 bits per heavy atom. The molecule has 37 heavy (non-hydrogen) atoms. The van der Waals surface area contributed by atoms with Crippen molar-refractivity contribution in [3.63, 3.8) is 0 Å². The van der Waals surface area contributed by atoms with E-state index in [-0.39, 0.29) is 24.2 Å². The second-order valence-electron chi connectivity index (χ2n) is 8.36. The molecule has 1 saturated heterocycles. The minimum absolute atomic E-state index is 0.107. The highest BCUT2D eigenvalue weighted by Gasteiger charge is 2.26. The van der Waals surface area contributed by atoms with E-state index in [1.807, 2.05) is 4.90 Å². The second kappa shape index (κ2) is 10.4. The van der Waals surface area contributed by atoms with Crippen LogP contribution in [0.3, 0.4) is 0 Å². The van der Waals surface area contributed by atoms with Crippen LogP contribution in [-0.4, -0.2) is 69.6 Å². The second-order valence-corrected chi connectivity index (χ2v) is 8.79. The SMILES string of the molecule is O=C(O)c1nc(N2CCN(C(=O)COc3ccc(Cl)cc3)CC2)c2nc(-c3ccc(F)cc3)ccc2n1. The number of carboxylic acids is 1. The summed E-state index contributed by atoms with van der Waals surface area (Å²) in [6, 6.07) is 16.1. The molecule has 2 aromatic carbocycles. The highest BCUT2D eigenvalue weighted by molar-refractivity contribution is 6.30. The van der Waals surface area contributed by atoms with Gasteiger partial charge in [0.15, 0.2) is 12.4 Å². The lowest BCUT2D eigenvalue weighted by molar-refractivity contribution is -0.133. The molecular formula is C26H21ClFN5O4. The van der Waals surface area contributed by atoms with Gasteiger partial charge in [-0.3, -0.25) is 4.79 Å². The van der Waals surface area contributed by atoms with Crippen LogP contribution in [0, 0.1) is 5.82 Å². The standard InChI is InChI=1S/C26H21ClFN5O4/c27-17-3-7-19(8-4-17)37-15-22(34)32-11-13-33(14-12-32)25-23-21(30-24(31-25)26(35)36)10-9-20(29-23)16-1-5-18(28)6-2-16/h1-10H,11-15H2,(H,35,36). The molecule has 5 rings (SSSR count). The van der Waals surface area contributed by atoms with Gasteiger partial charge in [0.25, 0.3) is 5.91 Å². The van der Waals surface area contributed by atoms with E-state index < -0.39 is 5.97 Å². The third kappa shape index (κ3) is 5.44. The molecule has 1 amide bonds. The number of amides is 1. The van der Waals surface area contributed by atoms with Crippen LogP contribution in [-0.2, 0) is 4.79 Å². The van der Waals surface area contributed by atoms with Gasteiger partial charge in [-0.25, -0.2) is 24.1 Å². The molecule has 1 aliphatic heterocycles. The number of carbonyl (C=O) groups is 2. The van der Waals surface area contributed by atoms with E-state index in [2.05, 4.69) is 15.0 Å². The van der Waals surface area contributed by atoms with Crippen LogP contribution in [0.15, 0.2) is 60.7 Å². The molecule has 1 N–H and O–H groups in total. The van der Waals surface area contributed by atoms with Crippen molar-refractivity contribution >= 4 is 40.3 Å². The van der Waals surface area contributed by atoms with Gasteiger partial charge >= 0.3 is 5.97 Å². The first-order chi connectivity index (χ1) is 17.9. The van der Waals surface area contributed by atoms with Gasteiger partial charge in [0.1, 0.15) is 17.1 Å². The third-order valence-corrected chi connectivity index (χ3v) is 6.22. The number of halogens is 2. The summed E-state index contributed by atoms with van der Waals surface area (Å²) in [7, 11) is 0. The van der Waals surface area contributed by atoms with Gasteiger partial charge < -0.3 is 19.6 Å². The summed E-state index contributed by atoms with van der Waals surface area (Å²) in [4.78, 5) is 41.0. The molecule has 0 bridgehead atoms. The van der Waals surface area contributed by atoms with Crippen LogP contribution in [0.4, 0.5) is 10.2 Å². The van der Waals surface area contributed by atoms with Gasteiger partial charge in [-0.15, -0.1) is 0 Å². The van der Waals surface area contributed by atoms with Crippen LogP contribution in [0.5, 0.6) is 5.75 Å². The number of carboxylic acid groups (broad SMARTS) is 1. The minimum Gasteiger partial charge on any atom is -0.484 e. The van der Waals surface area contributed by atoms with E-state index in [9.17, 15) is 19.1 Å². The fourth-order valence-electron chi connectivity index (χ4n) is 4.03. The molecule has 0 spiro atoms. The summed E-state index contributed by atoms with van der Waals surface area (Å²) in [6.07, 6.45) is 0. The zero-order valence-electron chi connectivity index (χ0n) is 19.5. The smallest absolute Gasteiger partial charge is 0.374 e. The van der Waals surface area contributed by atoms with Crippen molar-refractivity contribution in [1.29, 1.82) is 0 Å². The summed E-state index contributed by atoms with van der Waals surface area (Å²) in [6.45, 7) is 1.52. The summed E-state index contributed by atoms with van der Waals surface area (Å²) in [5, 5.41) is 10.1. The number of hydrogen-bond donors (Lipinski definition) is 1. The number of rotatable bonds is 6. The van der Waals surface area contributed by atoms with E-state index in [0.717, 1.165) is 0 Å². The fraction of sp³-hybridized carbons (Fsp3) is 0.192. The maximum atomic E-state index is 13.4. The number of carbonyl (C=O) groups excluding carboxylic acids is 1. The predicted octanol–water partition coefficient (Wildman–Crippen LogP) is 3.91. The summed E-state index contributed by atoms with van der Waals surface area (Å²) < 4.78 is 18.9. The lowest BCUT2D eigenvalue weighted by Gasteiger charge is -2.35.